The van der Waals surface area contributed by atoms with E-state index in [0.29, 0.717) is 5.92 Å². The SMILES string of the molecule is CNC(c1ccc(C)c(Cl)c1)C(C)c1ccccc1. The molecule has 0 aliphatic carbocycles. The van der Waals surface area contributed by atoms with Crippen LogP contribution in [-0.4, -0.2) is 7.05 Å². The fourth-order valence-electron chi connectivity index (χ4n) is 2.46. The predicted molar refractivity (Wildman–Crippen MR) is 82.8 cm³/mol. The maximum Gasteiger partial charge on any atom is 0.0438 e. The van der Waals surface area contributed by atoms with Crippen molar-refractivity contribution in [2.45, 2.75) is 25.8 Å². The number of hydrogen-bond donors (Lipinski definition) is 1. The maximum absolute atomic E-state index is 6.24. The number of nitrogens with one attached hydrogen (secondary N) is 1. The lowest BCUT2D eigenvalue weighted by Gasteiger charge is -2.25. The molecule has 0 saturated heterocycles. The smallest absolute Gasteiger partial charge is 0.0438 e. The summed E-state index contributed by atoms with van der Waals surface area (Å²) in [6.07, 6.45) is 0. The van der Waals surface area contributed by atoms with Gasteiger partial charge in [-0.05, 0) is 36.7 Å². The van der Waals surface area contributed by atoms with Gasteiger partial charge in [0.1, 0.15) is 0 Å². The topological polar surface area (TPSA) is 12.0 Å². The van der Waals surface area contributed by atoms with E-state index in [4.69, 9.17) is 11.6 Å². The molecule has 0 aromatic heterocycles. The number of rotatable bonds is 4. The van der Waals surface area contributed by atoms with Gasteiger partial charge in [0.25, 0.3) is 0 Å². The molecule has 0 amide bonds. The van der Waals surface area contributed by atoms with Gasteiger partial charge in [-0.15, -0.1) is 0 Å². The van der Waals surface area contributed by atoms with Crippen LogP contribution in [0, 0.1) is 6.92 Å². The normalized spacial score (nSPS) is 14.1. The van der Waals surface area contributed by atoms with Crippen molar-refractivity contribution < 1.29 is 0 Å². The molecule has 0 radical (unpaired) electrons. The zero-order valence-electron chi connectivity index (χ0n) is 11.7. The van der Waals surface area contributed by atoms with Crippen LogP contribution >= 0.6 is 11.6 Å². The van der Waals surface area contributed by atoms with Crippen LogP contribution in [-0.2, 0) is 0 Å². The van der Waals surface area contributed by atoms with Crippen molar-refractivity contribution in [2.24, 2.45) is 0 Å². The molecule has 19 heavy (non-hydrogen) atoms. The molecule has 2 aromatic rings. The van der Waals surface area contributed by atoms with E-state index in [1.54, 1.807) is 0 Å². The molecule has 0 aliphatic rings. The minimum atomic E-state index is 0.264. The van der Waals surface area contributed by atoms with E-state index in [9.17, 15) is 0 Å². The van der Waals surface area contributed by atoms with Crippen molar-refractivity contribution in [3.05, 3.63) is 70.2 Å². The van der Waals surface area contributed by atoms with E-state index in [-0.39, 0.29) is 6.04 Å². The number of aryl methyl sites for hydroxylation is 1. The van der Waals surface area contributed by atoms with Gasteiger partial charge in [-0.1, -0.05) is 61.0 Å². The van der Waals surface area contributed by atoms with Crippen LogP contribution in [0.2, 0.25) is 5.02 Å². The molecule has 0 spiro atoms. The Bertz CT molecular complexity index is 536. The molecule has 1 N–H and O–H groups in total. The third-order valence-electron chi connectivity index (χ3n) is 3.69. The Morgan fingerprint density at radius 3 is 2.26 bits per heavy atom. The summed E-state index contributed by atoms with van der Waals surface area (Å²) < 4.78 is 0. The van der Waals surface area contributed by atoms with E-state index in [1.807, 2.05) is 20.0 Å². The van der Waals surface area contributed by atoms with E-state index in [2.05, 4.69) is 54.7 Å². The highest BCUT2D eigenvalue weighted by Gasteiger charge is 2.19. The number of likely N-dealkylation sites (N-methyl/N-ethyl adjacent to an activating group) is 1. The summed E-state index contributed by atoms with van der Waals surface area (Å²) in [7, 11) is 2.00. The minimum Gasteiger partial charge on any atom is -0.312 e. The average Bonchev–Trinajstić information content (AvgIpc) is 2.44. The molecule has 100 valence electrons. The minimum absolute atomic E-state index is 0.264. The van der Waals surface area contributed by atoms with Gasteiger partial charge in [-0.2, -0.15) is 0 Å². The quantitative estimate of drug-likeness (QED) is 0.850. The Labute approximate surface area is 120 Å². The second kappa shape index (κ2) is 6.23. The van der Waals surface area contributed by atoms with Crippen molar-refractivity contribution >= 4 is 11.6 Å². The molecule has 2 heteroatoms. The van der Waals surface area contributed by atoms with Crippen LogP contribution in [0.3, 0.4) is 0 Å². The monoisotopic (exact) mass is 273 g/mol. The van der Waals surface area contributed by atoms with Gasteiger partial charge in [0.15, 0.2) is 0 Å². The summed E-state index contributed by atoms with van der Waals surface area (Å²) in [5, 5.41) is 4.24. The molecular weight excluding hydrogens is 254 g/mol. The summed E-state index contributed by atoms with van der Waals surface area (Å²) >= 11 is 6.24. The van der Waals surface area contributed by atoms with Gasteiger partial charge in [0.05, 0.1) is 0 Å². The lowest BCUT2D eigenvalue weighted by Crippen LogP contribution is -2.22. The summed E-state index contributed by atoms with van der Waals surface area (Å²) in [6.45, 7) is 4.27. The molecule has 2 rings (SSSR count). The first-order valence-corrected chi connectivity index (χ1v) is 6.99. The van der Waals surface area contributed by atoms with E-state index in [0.717, 1.165) is 10.6 Å². The standard InChI is InChI=1S/C17H20ClN/c1-12-9-10-15(11-16(12)18)17(19-3)13(2)14-7-5-4-6-8-14/h4-11,13,17,19H,1-3H3. The molecule has 2 aromatic carbocycles. The third kappa shape index (κ3) is 3.17. The highest BCUT2D eigenvalue weighted by Crippen LogP contribution is 2.32. The Balaban J connectivity index is 2.31. The van der Waals surface area contributed by atoms with Crippen LogP contribution in [0.4, 0.5) is 0 Å². The fourth-order valence-corrected chi connectivity index (χ4v) is 2.65. The van der Waals surface area contributed by atoms with Crippen molar-refractivity contribution in [1.82, 2.24) is 5.32 Å². The first-order chi connectivity index (χ1) is 9.13. The zero-order chi connectivity index (χ0) is 13.8. The third-order valence-corrected chi connectivity index (χ3v) is 4.10. The van der Waals surface area contributed by atoms with Crippen molar-refractivity contribution in [2.75, 3.05) is 7.05 Å². The lowest BCUT2D eigenvalue weighted by atomic mass is 9.88. The summed E-state index contributed by atoms with van der Waals surface area (Å²) in [5.41, 5.74) is 3.68. The molecule has 0 aliphatic heterocycles. The van der Waals surface area contributed by atoms with Gasteiger partial charge >= 0.3 is 0 Å². The molecule has 0 saturated carbocycles. The first-order valence-electron chi connectivity index (χ1n) is 6.61. The van der Waals surface area contributed by atoms with Crippen LogP contribution in [0.1, 0.15) is 35.6 Å². The Morgan fingerprint density at radius 1 is 1.00 bits per heavy atom. The zero-order valence-corrected chi connectivity index (χ0v) is 12.4. The predicted octanol–water partition coefficient (Wildman–Crippen LogP) is 4.71. The number of halogens is 1. The summed E-state index contributed by atoms with van der Waals surface area (Å²) in [6, 6.07) is 17.1. The molecule has 0 fully saturated rings. The molecule has 2 unspecified atom stereocenters. The van der Waals surface area contributed by atoms with Crippen LogP contribution in [0.15, 0.2) is 48.5 Å². The first kappa shape index (κ1) is 14.1. The molecular formula is C17H20ClN. The largest absolute Gasteiger partial charge is 0.312 e. The molecule has 0 heterocycles. The summed E-state index contributed by atoms with van der Waals surface area (Å²) in [4.78, 5) is 0. The Kier molecular flexibility index (Phi) is 4.62. The van der Waals surface area contributed by atoms with Gasteiger partial charge in [0, 0.05) is 17.0 Å². The number of hydrogen-bond acceptors (Lipinski definition) is 1. The molecule has 2 atom stereocenters. The van der Waals surface area contributed by atoms with Crippen molar-refractivity contribution in [3.8, 4) is 0 Å². The van der Waals surface area contributed by atoms with Crippen LogP contribution < -0.4 is 5.32 Å². The van der Waals surface area contributed by atoms with E-state index < -0.39 is 0 Å². The number of benzene rings is 2. The van der Waals surface area contributed by atoms with Gasteiger partial charge in [-0.25, -0.2) is 0 Å². The Morgan fingerprint density at radius 2 is 1.68 bits per heavy atom. The second-order valence-electron chi connectivity index (χ2n) is 4.97. The lowest BCUT2D eigenvalue weighted by molar-refractivity contribution is 0.508. The average molecular weight is 274 g/mol. The van der Waals surface area contributed by atoms with E-state index >= 15 is 0 Å². The fraction of sp³-hybridized carbons (Fsp3) is 0.294. The van der Waals surface area contributed by atoms with Crippen LogP contribution in [0.25, 0.3) is 0 Å². The maximum atomic E-state index is 6.24. The molecule has 0 bridgehead atoms. The van der Waals surface area contributed by atoms with Crippen molar-refractivity contribution in [1.29, 1.82) is 0 Å². The second-order valence-corrected chi connectivity index (χ2v) is 5.38. The summed E-state index contributed by atoms with van der Waals surface area (Å²) in [5.74, 6) is 0.393. The molecule has 1 nitrogen and oxygen atoms in total. The highest BCUT2D eigenvalue weighted by atomic mass is 35.5. The van der Waals surface area contributed by atoms with Gasteiger partial charge < -0.3 is 5.32 Å². The van der Waals surface area contributed by atoms with Gasteiger partial charge in [0.2, 0.25) is 0 Å². The Hall–Kier alpha value is -1.31. The van der Waals surface area contributed by atoms with E-state index in [1.165, 1.54) is 11.1 Å². The van der Waals surface area contributed by atoms with Crippen LogP contribution in [0.5, 0.6) is 0 Å². The van der Waals surface area contributed by atoms with Crippen molar-refractivity contribution in [3.63, 3.8) is 0 Å². The highest BCUT2D eigenvalue weighted by molar-refractivity contribution is 6.31. The van der Waals surface area contributed by atoms with Gasteiger partial charge in [-0.3, -0.25) is 0 Å².